The van der Waals surface area contributed by atoms with Gasteiger partial charge in [-0.2, -0.15) is 11.8 Å². The number of hydrogen-bond donors (Lipinski definition) is 2. The van der Waals surface area contributed by atoms with Gasteiger partial charge in [0.15, 0.2) is 0 Å². The summed E-state index contributed by atoms with van der Waals surface area (Å²) in [5.41, 5.74) is 0. The van der Waals surface area contributed by atoms with Crippen LogP contribution in [0.5, 0.6) is 0 Å². The second kappa shape index (κ2) is 4.62. The maximum atomic E-state index is 11.0. The largest absolute Gasteiger partial charge is 0.351 e. The van der Waals surface area contributed by atoms with Crippen molar-refractivity contribution in [3.05, 3.63) is 0 Å². The van der Waals surface area contributed by atoms with E-state index in [1.165, 1.54) is 0 Å². The molecular weight excluding hydrogens is 160 g/mol. The summed E-state index contributed by atoms with van der Waals surface area (Å²) in [6.07, 6.45) is 3.01. The Bertz CT molecular complexity index is 134. The van der Waals surface area contributed by atoms with E-state index < -0.39 is 0 Å². The molecule has 2 N–H and O–H groups in total. The number of thioether (sulfide) groups is 1. The maximum absolute atomic E-state index is 11.0. The lowest BCUT2D eigenvalue weighted by molar-refractivity contribution is -0.119. The van der Waals surface area contributed by atoms with Gasteiger partial charge in [-0.15, -0.1) is 0 Å². The topological polar surface area (TPSA) is 41.1 Å². The van der Waals surface area contributed by atoms with Crippen LogP contribution in [0.2, 0.25) is 0 Å². The third kappa shape index (κ3) is 3.12. The lowest BCUT2D eigenvalue weighted by atomic mass is 10.3. The van der Waals surface area contributed by atoms with E-state index in [-0.39, 0.29) is 5.91 Å². The molecule has 11 heavy (non-hydrogen) atoms. The molecule has 1 heterocycles. The first-order chi connectivity index (χ1) is 5.33. The van der Waals surface area contributed by atoms with Gasteiger partial charge in [0.05, 0.1) is 5.75 Å². The average molecular weight is 174 g/mol. The number of nitrogens with one attached hydrogen (secondary N) is 2. The standard InChI is InChI=1S/C7H14N2OS/c1-11-5-7(10)9-6-2-3-8-4-6/h6,8H,2-5H2,1H3,(H,9,10). The predicted molar refractivity (Wildman–Crippen MR) is 47.8 cm³/mol. The van der Waals surface area contributed by atoms with Gasteiger partial charge in [0.1, 0.15) is 0 Å². The molecule has 0 saturated carbocycles. The molecule has 0 spiro atoms. The molecule has 0 bridgehead atoms. The summed E-state index contributed by atoms with van der Waals surface area (Å²) in [7, 11) is 0. The molecule has 0 aromatic carbocycles. The van der Waals surface area contributed by atoms with Crippen LogP contribution in [0.4, 0.5) is 0 Å². The Labute approximate surface area is 71.3 Å². The predicted octanol–water partition coefficient (Wildman–Crippen LogP) is -0.172. The van der Waals surface area contributed by atoms with Crippen molar-refractivity contribution in [2.75, 3.05) is 25.1 Å². The molecule has 4 heteroatoms. The van der Waals surface area contributed by atoms with Crippen molar-refractivity contribution in [2.24, 2.45) is 0 Å². The van der Waals surface area contributed by atoms with E-state index >= 15 is 0 Å². The second-order valence-corrected chi connectivity index (χ2v) is 3.56. The minimum Gasteiger partial charge on any atom is -0.351 e. The second-order valence-electron chi connectivity index (χ2n) is 2.69. The Hall–Kier alpha value is -0.220. The number of rotatable bonds is 3. The third-order valence-electron chi connectivity index (χ3n) is 1.70. The van der Waals surface area contributed by atoms with Gasteiger partial charge in [-0.25, -0.2) is 0 Å². The molecule has 1 amide bonds. The van der Waals surface area contributed by atoms with E-state index in [1.54, 1.807) is 11.8 Å². The highest BCUT2D eigenvalue weighted by atomic mass is 32.2. The van der Waals surface area contributed by atoms with Gasteiger partial charge in [-0.1, -0.05) is 0 Å². The molecule has 0 radical (unpaired) electrons. The first kappa shape index (κ1) is 8.87. The molecule has 0 aromatic heterocycles. The fourth-order valence-corrected chi connectivity index (χ4v) is 1.52. The summed E-state index contributed by atoms with van der Waals surface area (Å²) in [6, 6.07) is 0.370. The van der Waals surface area contributed by atoms with Crippen molar-refractivity contribution < 1.29 is 4.79 Å². The van der Waals surface area contributed by atoms with Crippen LogP contribution in [-0.2, 0) is 4.79 Å². The van der Waals surface area contributed by atoms with Crippen molar-refractivity contribution in [2.45, 2.75) is 12.5 Å². The van der Waals surface area contributed by atoms with Gasteiger partial charge >= 0.3 is 0 Å². The van der Waals surface area contributed by atoms with E-state index in [1.807, 2.05) is 6.26 Å². The molecule has 3 nitrogen and oxygen atoms in total. The quantitative estimate of drug-likeness (QED) is 0.624. The molecule has 1 unspecified atom stereocenters. The van der Waals surface area contributed by atoms with Crippen LogP contribution in [0.25, 0.3) is 0 Å². The molecule has 64 valence electrons. The van der Waals surface area contributed by atoms with E-state index in [0.717, 1.165) is 19.5 Å². The summed E-state index contributed by atoms with van der Waals surface area (Å²) < 4.78 is 0. The van der Waals surface area contributed by atoms with E-state index in [2.05, 4.69) is 10.6 Å². The van der Waals surface area contributed by atoms with Gasteiger partial charge in [0, 0.05) is 12.6 Å². The van der Waals surface area contributed by atoms with Crippen LogP contribution in [0.15, 0.2) is 0 Å². The molecule has 0 aromatic rings. The van der Waals surface area contributed by atoms with Crippen molar-refractivity contribution >= 4 is 17.7 Å². The van der Waals surface area contributed by atoms with Crippen LogP contribution in [-0.4, -0.2) is 37.0 Å². The minimum absolute atomic E-state index is 0.159. The number of carbonyl (C=O) groups is 1. The highest BCUT2D eigenvalue weighted by Gasteiger charge is 2.15. The van der Waals surface area contributed by atoms with Gasteiger partial charge in [0.2, 0.25) is 5.91 Å². The van der Waals surface area contributed by atoms with Gasteiger partial charge in [-0.05, 0) is 19.2 Å². The Morgan fingerprint density at radius 2 is 2.64 bits per heavy atom. The molecule has 0 aliphatic carbocycles. The first-order valence-corrected chi connectivity index (χ1v) is 5.21. The van der Waals surface area contributed by atoms with Crippen LogP contribution in [0, 0.1) is 0 Å². The Morgan fingerprint density at radius 3 is 3.18 bits per heavy atom. The molecular formula is C7H14N2OS. The van der Waals surface area contributed by atoms with Crippen molar-refractivity contribution in [1.82, 2.24) is 10.6 Å². The lowest BCUT2D eigenvalue weighted by Crippen LogP contribution is -2.37. The highest BCUT2D eigenvalue weighted by molar-refractivity contribution is 7.99. The Kier molecular flexibility index (Phi) is 3.72. The summed E-state index contributed by atoms with van der Waals surface area (Å²) in [5, 5.41) is 6.16. The van der Waals surface area contributed by atoms with Crippen LogP contribution in [0.3, 0.4) is 0 Å². The molecule has 1 aliphatic heterocycles. The summed E-state index contributed by atoms with van der Waals surface area (Å²) in [5.74, 6) is 0.738. The lowest BCUT2D eigenvalue weighted by Gasteiger charge is -2.09. The third-order valence-corrected chi connectivity index (χ3v) is 2.25. The van der Waals surface area contributed by atoms with Crippen LogP contribution in [0.1, 0.15) is 6.42 Å². The van der Waals surface area contributed by atoms with Gasteiger partial charge in [0.25, 0.3) is 0 Å². The number of amides is 1. The molecule has 1 saturated heterocycles. The zero-order chi connectivity index (χ0) is 8.10. The molecule has 1 aliphatic rings. The van der Waals surface area contributed by atoms with Crippen LogP contribution >= 0.6 is 11.8 Å². The minimum atomic E-state index is 0.159. The summed E-state index contributed by atoms with van der Waals surface area (Å²) in [4.78, 5) is 11.0. The number of carbonyl (C=O) groups excluding carboxylic acids is 1. The monoisotopic (exact) mass is 174 g/mol. The summed E-state index contributed by atoms with van der Waals surface area (Å²) >= 11 is 1.56. The average Bonchev–Trinajstić information content (AvgIpc) is 2.40. The SMILES string of the molecule is CSCC(=O)NC1CCNC1. The Balaban J connectivity index is 2.13. The number of hydrogen-bond acceptors (Lipinski definition) is 3. The smallest absolute Gasteiger partial charge is 0.230 e. The van der Waals surface area contributed by atoms with E-state index in [9.17, 15) is 4.79 Å². The molecule has 1 atom stereocenters. The van der Waals surface area contributed by atoms with Crippen molar-refractivity contribution in [3.63, 3.8) is 0 Å². The van der Waals surface area contributed by atoms with Crippen molar-refractivity contribution in [1.29, 1.82) is 0 Å². The fraction of sp³-hybridized carbons (Fsp3) is 0.857. The molecule has 1 fully saturated rings. The fourth-order valence-electron chi connectivity index (χ4n) is 1.18. The summed E-state index contributed by atoms with van der Waals surface area (Å²) in [6.45, 7) is 1.96. The Morgan fingerprint density at radius 1 is 1.82 bits per heavy atom. The van der Waals surface area contributed by atoms with E-state index in [0.29, 0.717) is 11.8 Å². The van der Waals surface area contributed by atoms with Gasteiger partial charge < -0.3 is 10.6 Å². The first-order valence-electron chi connectivity index (χ1n) is 3.82. The zero-order valence-corrected chi connectivity index (χ0v) is 7.54. The maximum Gasteiger partial charge on any atom is 0.230 e. The van der Waals surface area contributed by atoms with Gasteiger partial charge in [-0.3, -0.25) is 4.79 Å². The van der Waals surface area contributed by atoms with Crippen molar-refractivity contribution in [3.8, 4) is 0 Å². The normalized spacial score (nSPS) is 23.5. The van der Waals surface area contributed by atoms with Crippen LogP contribution < -0.4 is 10.6 Å². The highest BCUT2D eigenvalue weighted by Crippen LogP contribution is 1.98. The molecule has 1 rings (SSSR count). The zero-order valence-electron chi connectivity index (χ0n) is 6.72. The van der Waals surface area contributed by atoms with E-state index in [4.69, 9.17) is 0 Å².